The average Bonchev–Trinajstić information content (AvgIpc) is 1.30. The monoisotopic (exact) mass is 100 g/mol. The second kappa shape index (κ2) is 2.31. The topological polar surface area (TPSA) is 23.8 Å². The summed E-state index contributed by atoms with van der Waals surface area (Å²) in [5.74, 6) is 0. The van der Waals surface area contributed by atoms with E-state index in [1.807, 2.05) is 13.8 Å². The molecule has 0 aliphatic carbocycles. The predicted molar refractivity (Wildman–Crippen MR) is 32.1 cm³/mol. The van der Waals surface area contributed by atoms with Gasteiger partial charge in [0.05, 0.1) is 0 Å². The van der Waals surface area contributed by atoms with Crippen LogP contribution in [0.2, 0.25) is 0 Å². The summed E-state index contributed by atoms with van der Waals surface area (Å²) in [6.45, 7) is 5.99. The van der Waals surface area contributed by atoms with Crippen LogP contribution >= 0.6 is 0 Å². The average molecular weight is 100 g/mol. The van der Waals surface area contributed by atoms with Crippen molar-refractivity contribution < 1.29 is 0 Å². The second-order valence-corrected chi connectivity index (χ2v) is 2.63. The Hall–Kier alpha value is -0.0400. The van der Waals surface area contributed by atoms with E-state index >= 15 is 0 Å². The molecule has 0 aliphatic rings. The Bertz CT molecular complexity index is 42.6. The van der Waals surface area contributed by atoms with Gasteiger partial charge in [0.25, 0.3) is 0 Å². The van der Waals surface area contributed by atoms with Crippen molar-refractivity contribution in [1.29, 1.82) is 0 Å². The molecule has 0 aliphatic heterocycles. The molecule has 0 saturated heterocycles. The fraction of sp³-hybridized carbons (Fsp3) is 1.00. The summed E-state index contributed by atoms with van der Waals surface area (Å²) in [6, 6.07) is 0. The molecule has 1 heteroatoms. The van der Waals surface area contributed by atoms with Crippen LogP contribution in [0, 0.1) is 0 Å². The molecule has 0 heterocycles. The second-order valence-electron chi connectivity index (χ2n) is 2.63. The van der Waals surface area contributed by atoms with Gasteiger partial charge in [-0.1, -0.05) is 13.3 Å². The first-order valence-electron chi connectivity index (χ1n) is 2.81. The molecule has 0 unspecified atom stereocenters. The van der Waals surface area contributed by atoms with E-state index in [1.54, 1.807) is 0 Å². The zero-order valence-corrected chi connectivity index (χ0v) is 5.41. The van der Waals surface area contributed by atoms with Gasteiger partial charge >= 0.3 is 0 Å². The number of rotatable bonds is 2. The molecule has 0 saturated carbocycles. The van der Waals surface area contributed by atoms with E-state index in [1.165, 1.54) is 0 Å². The summed E-state index contributed by atoms with van der Waals surface area (Å²) < 4.78 is 0. The lowest BCUT2D eigenvalue weighted by atomic mass is 10.0. The first kappa shape index (κ1) is 6.96. The van der Waals surface area contributed by atoms with Crippen LogP contribution in [0.5, 0.6) is 0 Å². The fourth-order valence-corrected chi connectivity index (χ4v) is 0.625. The van der Waals surface area contributed by atoms with E-state index in [4.69, 9.17) is 5.73 Å². The third kappa shape index (κ3) is 5.96. The molecular formula is C6H14N. The van der Waals surface area contributed by atoms with E-state index in [2.05, 4.69) is 6.92 Å². The van der Waals surface area contributed by atoms with Crippen LogP contribution in [0.1, 0.15) is 33.6 Å². The zero-order valence-electron chi connectivity index (χ0n) is 5.41. The van der Waals surface area contributed by atoms with Gasteiger partial charge in [0.2, 0.25) is 0 Å². The van der Waals surface area contributed by atoms with Crippen LogP contribution in [0.4, 0.5) is 0 Å². The maximum atomic E-state index is 7.33. The van der Waals surface area contributed by atoms with Gasteiger partial charge in [-0.05, 0) is 20.3 Å². The van der Waals surface area contributed by atoms with E-state index in [0.717, 1.165) is 12.8 Å². The Labute approximate surface area is 45.9 Å². The Morgan fingerprint density at radius 1 is 1.43 bits per heavy atom. The minimum atomic E-state index is -0.200. The van der Waals surface area contributed by atoms with Crippen LogP contribution < -0.4 is 5.73 Å². The van der Waals surface area contributed by atoms with E-state index in [-0.39, 0.29) is 5.54 Å². The van der Waals surface area contributed by atoms with Crippen molar-refractivity contribution in [3.05, 3.63) is 0 Å². The van der Waals surface area contributed by atoms with Crippen LogP contribution in [0.15, 0.2) is 0 Å². The Morgan fingerprint density at radius 3 is 1.86 bits per heavy atom. The molecule has 1 N–H and O–H groups in total. The summed E-state index contributed by atoms with van der Waals surface area (Å²) in [5, 5.41) is 0. The molecule has 0 aromatic rings. The summed E-state index contributed by atoms with van der Waals surface area (Å²) in [7, 11) is 0. The fourth-order valence-electron chi connectivity index (χ4n) is 0.625. The molecule has 0 spiro atoms. The Morgan fingerprint density at radius 2 is 1.86 bits per heavy atom. The first-order valence-corrected chi connectivity index (χ1v) is 2.81. The van der Waals surface area contributed by atoms with Gasteiger partial charge in [-0.3, -0.25) is 5.73 Å². The van der Waals surface area contributed by atoms with Gasteiger partial charge in [-0.25, -0.2) is 0 Å². The first-order chi connectivity index (χ1) is 3.06. The normalized spacial score (nSPS) is 12.0. The molecular weight excluding hydrogens is 86.1 g/mol. The third-order valence-electron chi connectivity index (χ3n) is 0.875. The van der Waals surface area contributed by atoms with Gasteiger partial charge in [-0.15, -0.1) is 0 Å². The van der Waals surface area contributed by atoms with Crippen LogP contribution in [0.3, 0.4) is 0 Å². The molecule has 0 aromatic carbocycles. The number of nitrogens with one attached hydrogen (secondary N) is 1. The number of hydrogen-bond donors (Lipinski definition) is 0. The third-order valence-corrected chi connectivity index (χ3v) is 0.875. The zero-order chi connectivity index (χ0) is 5.91. The number of hydrogen-bond acceptors (Lipinski definition) is 0. The Kier molecular flexibility index (Phi) is 2.30. The lowest BCUT2D eigenvalue weighted by molar-refractivity contribution is 0.454. The molecule has 0 bridgehead atoms. The van der Waals surface area contributed by atoms with Gasteiger partial charge in [0.1, 0.15) is 0 Å². The van der Waals surface area contributed by atoms with Gasteiger partial charge in [-0.2, -0.15) is 0 Å². The van der Waals surface area contributed by atoms with Crippen molar-refractivity contribution in [2.45, 2.75) is 39.2 Å². The van der Waals surface area contributed by atoms with Gasteiger partial charge in [0.15, 0.2) is 0 Å². The van der Waals surface area contributed by atoms with E-state index < -0.39 is 0 Å². The molecule has 0 rings (SSSR count). The summed E-state index contributed by atoms with van der Waals surface area (Å²) in [6.07, 6.45) is 2.13. The largest absolute Gasteiger partial charge is 0.252 e. The van der Waals surface area contributed by atoms with Crippen molar-refractivity contribution in [2.75, 3.05) is 0 Å². The highest BCUT2D eigenvalue weighted by atomic mass is 14.7. The quantitative estimate of drug-likeness (QED) is 0.505. The van der Waals surface area contributed by atoms with E-state index in [9.17, 15) is 0 Å². The van der Waals surface area contributed by atoms with Crippen LogP contribution in [-0.4, -0.2) is 5.54 Å². The minimum absolute atomic E-state index is 0.200. The molecule has 0 amide bonds. The van der Waals surface area contributed by atoms with Crippen molar-refractivity contribution in [2.24, 2.45) is 0 Å². The molecule has 0 fully saturated rings. The maximum absolute atomic E-state index is 7.33. The van der Waals surface area contributed by atoms with Crippen LogP contribution in [0.25, 0.3) is 0 Å². The minimum Gasteiger partial charge on any atom is -0.252 e. The maximum Gasteiger partial charge on any atom is 0.0267 e. The Balaban J connectivity index is 3.15. The summed E-state index contributed by atoms with van der Waals surface area (Å²) in [4.78, 5) is 0. The lowest BCUT2D eigenvalue weighted by Gasteiger charge is -2.14. The predicted octanol–water partition coefficient (Wildman–Crippen LogP) is 1.85. The van der Waals surface area contributed by atoms with Crippen molar-refractivity contribution in [3.63, 3.8) is 0 Å². The molecule has 1 nitrogen and oxygen atoms in total. The van der Waals surface area contributed by atoms with Gasteiger partial charge < -0.3 is 0 Å². The molecule has 43 valence electrons. The lowest BCUT2D eigenvalue weighted by Crippen LogP contribution is -2.19. The molecule has 0 aromatic heterocycles. The molecule has 1 radical (unpaired) electrons. The van der Waals surface area contributed by atoms with Crippen LogP contribution in [-0.2, 0) is 0 Å². The van der Waals surface area contributed by atoms with Gasteiger partial charge in [0, 0.05) is 5.54 Å². The summed E-state index contributed by atoms with van der Waals surface area (Å²) in [5.41, 5.74) is 7.13. The molecule has 0 atom stereocenters. The van der Waals surface area contributed by atoms with E-state index in [0.29, 0.717) is 0 Å². The highest BCUT2D eigenvalue weighted by Gasteiger charge is 2.07. The molecule has 7 heavy (non-hydrogen) atoms. The van der Waals surface area contributed by atoms with Crippen molar-refractivity contribution in [1.82, 2.24) is 5.73 Å². The highest BCUT2D eigenvalue weighted by Crippen LogP contribution is 2.07. The van der Waals surface area contributed by atoms with Crippen molar-refractivity contribution in [3.8, 4) is 0 Å². The standard InChI is InChI=1S/C6H14N/c1-4-5-6(2,3)7/h7H,4-5H2,1-3H3. The van der Waals surface area contributed by atoms with Crippen molar-refractivity contribution >= 4 is 0 Å². The highest BCUT2D eigenvalue weighted by molar-refractivity contribution is 4.68. The SMILES string of the molecule is CCCC(C)(C)[NH]. The summed E-state index contributed by atoms with van der Waals surface area (Å²) >= 11 is 0. The smallest absolute Gasteiger partial charge is 0.0267 e.